The molecule has 0 aromatic heterocycles. The molecule has 1 heterocycles. The Morgan fingerprint density at radius 2 is 2.38 bits per heavy atom. The smallest absolute Gasteiger partial charge is 0.0897 e. The summed E-state index contributed by atoms with van der Waals surface area (Å²) in [5, 5.41) is 13.9. The summed E-state index contributed by atoms with van der Waals surface area (Å²) in [5.74, 6) is 0. The van der Waals surface area contributed by atoms with Crippen LogP contribution < -0.4 is 5.32 Å². The molecule has 1 aromatic carbocycles. The SMILES string of the molecule is CC(NCC(O)COCC1CCCO1)c1cccc(Cl)c1. The average Bonchev–Trinajstić information content (AvgIpc) is 2.98. The molecule has 1 aromatic rings. The zero-order valence-electron chi connectivity index (χ0n) is 12.4. The van der Waals surface area contributed by atoms with E-state index in [9.17, 15) is 5.11 Å². The van der Waals surface area contributed by atoms with Crippen LogP contribution in [0, 0.1) is 0 Å². The van der Waals surface area contributed by atoms with Crippen LogP contribution in [0.1, 0.15) is 31.4 Å². The monoisotopic (exact) mass is 313 g/mol. The average molecular weight is 314 g/mol. The summed E-state index contributed by atoms with van der Waals surface area (Å²) in [6.45, 7) is 4.26. The fourth-order valence-electron chi connectivity index (χ4n) is 2.38. The van der Waals surface area contributed by atoms with Crippen LogP contribution in [0.2, 0.25) is 5.02 Å². The first-order chi connectivity index (χ1) is 10.1. The molecule has 5 heteroatoms. The van der Waals surface area contributed by atoms with Gasteiger partial charge in [0.1, 0.15) is 0 Å². The predicted molar refractivity (Wildman–Crippen MR) is 83.7 cm³/mol. The van der Waals surface area contributed by atoms with Crippen molar-refractivity contribution in [3.63, 3.8) is 0 Å². The highest BCUT2D eigenvalue weighted by Crippen LogP contribution is 2.17. The molecule has 118 valence electrons. The summed E-state index contributed by atoms with van der Waals surface area (Å²) in [5.41, 5.74) is 1.11. The van der Waals surface area contributed by atoms with Gasteiger partial charge < -0.3 is 19.9 Å². The summed E-state index contributed by atoms with van der Waals surface area (Å²) in [4.78, 5) is 0. The fourth-order valence-corrected chi connectivity index (χ4v) is 2.58. The van der Waals surface area contributed by atoms with Gasteiger partial charge in [-0.1, -0.05) is 23.7 Å². The number of nitrogens with one attached hydrogen (secondary N) is 1. The third-order valence-electron chi connectivity index (χ3n) is 3.65. The van der Waals surface area contributed by atoms with Crippen LogP contribution in [0.5, 0.6) is 0 Å². The standard InChI is InChI=1S/C16H24ClNO3/c1-12(13-4-2-5-14(17)8-13)18-9-15(19)10-20-11-16-6-3-7-21-16/h2,4-5,8,12,15-16,18-19H,3,6-7,9-11H2,1H3. The van der Waals surface area contributed by atoms with Crippen LogP contribution in [0.4, 0.5) is 0 Å². The molecule has 1 aliphatic heterocycles. The Hall–Kier alpha value is -0.650. The first kappa shape index (κ1) is 16.7. The molecule has 2 N–H and O–H groups in total. The minimum atomic E-state index is -0.520. The molecule has 1 aliphatic rings. The van der Waals surface area contributed by atoms with Crippen LogP contribution in [-0.4, -0.2) is 43.7 Å². The van der Waals surface area contributed by atoms with Crippen molar-refractivity contribution in [3.05, 3.63) is 34.9 Å². The summed E-state index contributed by atoms with van der Waals surface area (Å²) >= 11 is 5.97. The fraction of sp³-hybridized carbons (Fsp3) is 0.625. The van der Waals surface area contributed by atoms with Gasteiger partial charge in [-0.3, -0.25) is 0 Å². The van der Waals surface area contributed by atoms with Crippen LogP contribution >= 0.6 is 11.6 Å². The lowest BCUT2D eigenvalue weighted by molar-refractivity contribution is -0.0168. The molecule has 1 saturated heterocycles. The maximum absolute atomic E-state index is 9.92. The number of halogens is 1. The Bertz CT molecular complexity index is 424. The van der Waals surface area contributed by atoms with Gasteiger partial charge in [0, 0.05) is 24.2 Å². The quantitative estimate of drug-likeness (QED) is 0.774. The van der Waals surface area contributed by atoms with Gasteiger partial charge >= 0.3 is 0 Å². The molecule has 0 aliphatic carbocycles. The summed E-state index contributed by atoms with van der Waals surface area (Å²) in [7, 11) is 0. The van der Waals surface area contributed by atoms with E-state index in [2.05, 4.69) is 5.32 Å². The second-order valence-corrected chi connectivity index (χ2v) is 5.95. The molecule has 2 rings (SSSR count). The zero-order chi connectivity index (χ0) is 15.1. The largest absolute Gasteiger partial charge is 0.389 e. The van der Waals surface area contributed by atoms with Crippen molar-refractivity contribution < 1.29 is 14.6 Å². The molecule has 4 nitrogen and oxygen atoms in total. The topological polar surface area (TPSA) is 50.7 Å². The van der Waals surface area contributed by atoms with E-state index >= 15 is 0 Å². The Morgan fingerprint density at radius 1 is 1.52 bits per heavy atom. The number of ether oxygens (including phenoxy) is 2. The van der Waals surface area contributed by atoms with E-state index in [1.807, 2.05) is 31.2 Å². The molecule has 0 radical (unpaired) electrons. The lowest BCUT2D eigenvalue weighted by Gasteiger charge is -2.18. The summed E-state index contributed by atoms with van der Waals surface area (Å²) < 4.78 is 11.0. The molecule has 21 heavy (non-hydrogen) atoms. The Morgan fingerprint density at radius 3 is 3.10 bits per heavy atom. The second kappa shape index (κ2) is 8.71. The van der Waals surface area contributed by atoms with Gasteiger partial charge in [-0.25, -0.2) is 0 Å². The molecular formula is C16H24ClNO3. The first-order valence-corrected chi connectivity index (χ1v) is 7.89. The maximum Gasteiger partial charge on any atom is 0.0897 e. The predicted octanol–water partition coefficient (Wildman–Crippen LogP) is 2.55. The van der Waals surface area contributed by atoms with Gasteiger partial charge in [-0.2, -0.15) is 0 Å². The van der Waals surface area contributed by atoms with Gasteiger partial charge in [0.05, 0.1) is 25.4 Å². The van der Waals surface area contributed by atoms with E-state index in [0.717, 1.165) is 30.0 Å². The Balaban J connectivity index is 1.62. The number of hydrogen-bond donors (Lipinski definition) is 2. The van der Waals surface area contributed by atoms with Crippen LogP contribution in [0.3, 0.4) is 0 Å². The lowest BCUT2D eigenvalue weighted by Crippen LogP contribution is -2.33. The van der Waals surface area contributed by atoms with Gasteiger partial charge in [-0.05, 0) is 37.5 Å². The van der Waals surface area contributed by atoms with Crippen LogP contribution in [-0.2, 0) is 9.47 Å². The van der Waals surface area contributed by atoms with Crippen molar-refractivity contribution in [2.24, 2.45) is 0 Å². The zero-order valence-corrected chi connectivity index (χ0v) is 13.2. The second-order valence-electron chi connectivity index (χ2n) is 5.51. The van der Waals surface area contributed by atoms with E-state index in [0.29, 0.717) is 19.8 Å². The lowest BCUT2D eigenvalue weighted by atomic mass is 10.1. The molecule has 0 bridgehead atoms. The Labute approximate surface area is 131 Å². The highest BCUT2D eigenvalue weighted by Gasteiger charge is 2.16. The van der Waals surface area contributed by atoms with Gasteiger partial charge in [0.25, 0.3) is 0 Å². The third-order valence-corrected chi connectivity index (χ3v) is 3.88. The Kier molecular flexibility index (Phi) is 6.93. The van der Waals surface area contributed by atoms with Crippen molar-refractivity contribution >= 4 is 11.6 Å². The van der Waals surface area contributed by atoms with Crippen molar-refractivity contribution in [1.29, 1.82) is 0 Å². The number of aliphatic hydroxyl groups is 1. The number of aliphatic hydroxyl groups excluding tert-OH is 1. The van der Waals surface area contributed by atoms with Crippen LogP contribution in [0.15, 0.2) is 24.3 Å². The maximum atomic E-state index is 9.92. The highest BCUT2D eigenvalue weighted by atomic mass is 35.5. The number of rotatable bonds is 8. The third kappa shape index (κ3) is 5.93. The van der Waals surface area contributed by atoms with Crippen LogP contribution in [0.25, 0.3) is 0 Å². The van der Waals surface area contributed by atoms with Gasteiger partial charge in [0.15, 0.2) is 0 Å². The van der Waals surface area contributed by atoms with Crippen molar-refractivity contribution in [3.8, 4) is 0 Å². The molecule has 0 amide bonds. The minimum absolute atomic E-state index is 0.136. The minimum Gasteiger partial charge on any atom is -0.389 e. The highest BCUT2D eigenvalue weighted by molar-refractivity contribution is 6.30. The number of benzene rings is 1. The van der Waals surface area contributed by atoms with E-state index in [-0.39, 0.29) is 12.1 Å². The summed E-state index contributed by atoms with van der Waals surface area (Å²) in [6, 6.07) is 7.86. The molecule has 3 unspecified atom stereocenters. The number of hydrogen-bond acceptors (Lipinski definition) is 4. The van der Waals surface area contributed by atoms with E-state index < -0.39 is 6.10 Å². The molecule has 1 fully saturated rings. The molecule has 3 atom stereocenters. The van der Waals surface area contributed by atoms with E-state index in [1.54, 1.807) is 0 Å². The van der Waals surface area contributed by atoms with E-state index in [1.165, 1.54) is 0 Å². The van der Waals surface area contributed by atoms with Crippen molar-refractivity contribution in [2.75, 3.05) is 26.4 Å². The molecular weight excluding hydrogens is 290 g/mol. The molecule has 0 saturated carbocycles. The van der Waals surface area contributed by atoms with Gasteiger partial charge in [-0.15, -0.1) is 0 Å². The van der Waals surface area contributed by atoms with Gasteiger partial charge in [0.2, 0.25) is 0 Å². The molecule has 0 spiro atoms. The normalized spacial score (nSPS) is 21.4. The summed E-state index contributed by atoms with van der Waals surface area (Å²) in [6.07, 6.45) is 1.85. The first-order valence-electron chi connectivity index (χ1n) is 7.51. The van der Waals surface area contributed by atoms with Crippen molar-refractivity contribution in [2.45, 2.75) is 38.0 Å². The van der Waals surface area contributed by atoms with Crippen molar-refractivity contribution in [1.82, 2.24) is 5.32 Å². The van der Waals surface area contributed by atoms with E-state index in [4.69, 9.17) is 21.1 Å².